The van der Waals surface area contributed by atoms with E-state index in [0.717, 1.165) is 54.8 Å². The molecule has 2 aliphatic rings. The summed E-state index contributed by atoms with van der Waals surface area (Å²) >= 11 is 0. The number of rotatable bonds is 3. The molecule has 3 aromatic heterocycles. The summed E-state index contributed by atoms with van der Waals surface area (Å²) in [6, 6.07) is 6.31. The maximum Gasteiger partial charge on any atom is 0.154 e. The monoisotopic (exact) mass is 349 g/mol. The van der Waals surface area contributed by atoms with Crippen molar-refractivity contribution in [3.63, 3.8) is 0 Å². The smallest absolute Gasteiger partial charge is 0.154 e. The quantitative estimate of drug-likeness (QED) is 0.723. The van der Waals surface area contributed by atoms with Gasteiger partial charge in [-0.1, -0.05) is 0 Å². The van der Waals surface area contributed by atoms with E-state index in [9.17, 15) is 0 Å². The Morgan fingerprint density at radius 1 is 0.923 bits per heavy atom. The summed E-state index contributed by atoms with van der Waals surface area (Å²) in [7, 11) is 0. The number of nitrogens with zero attached hydrogens (tertiary/aromatic N) is 7. The van der Waals surface area contributed by atoms with E-state index < -0.39 is 0 Å². The minimum Gasteiger partial charge on any atom is -0.353 e. The first kappa shape index (κ1) is 15.5. The van der Waals surface area contributed by atoms with Crippen molar-refractivity contribution in [3.8, 4) is 0 Å². The van der Waals surface area contributed by atoms with Crippen molar-refractivity contribution in [2.24, 2.45) is 0 Å². The Morgan fingerprint density at radius 3 is 2.38 bits per heavy atom. The van der Waals surface area contributed by atoms with Gasteiger partial charge in [0.1, 0.15) is 18.0 Å². The van der Waals surface area contributed by atoms with Gasteiger partial charge in [-0.25, -0.2) is 19.5 Å². The van der Waals surface area contributed by atoms with Gasteiger partial charge in [0.05, 0.1) is 11.4 Å². The molecule has 0 bridgehead atoms. The molecule has 2 fully saturated rings. The number of fused-ring (bicyclic) bond motifs is 1. The number of aromatic nitrogens is 5. The topological polar surface area (TPSA) is 62.5 Å². The van der Waals surface area contributed by atoms with Crippen LogP contribution in [0.3, 0.4) is 0 Å². The first-order valence-electron chi connectivity index (χ1n) is 9.34. The number of imidazole rings is 1. The largest absolute Gasteiger partial charge is 0.353 e. The number of aryl methyl sites for hydroxylation is 2. The number of hydrogen-bond acceptors (Lipinski definition) is 6. The lowest BCUT2D eigenvalue weighted by Crippen LogP contribution is -2.47. The fourth-order valence-corrected chi connectivity index (χ4v) is 3.61. The van der Waals surface area contributed by atoms with Crippen molar-refractivity contribution in [1.82, 2.24) is 24.6 Å². The fourth-order valence-electron chi connectivity index (χ4n) is 3.61. The van der Waals surface area contributed by atoms with Crippen LogP contribution in [0, 0.1) is 13.8 Å². The third kappa shape index (κ3) is 2.67. The van der Waals surface area contributed by atoms with E-state index in [-0.39, 0.29) is 0 Å². The Kier molecular flexibility index (Phi) is 3.55. The predicted octanol–water partition coefficient (Wildman–Crippen LogP) is 2.34. The SMILES string of the molecule is Cc1nc2ccc(N3CCN(c4cc(C5CC5)ncn4)CC3)nn2c1C. The summed E-state index contributed by atoms with van der Waals surface area (Å²) in [5.74, 6) is 2.74. The van der Waals surface area contributed by atoms with Crippen LogP contribution in [0.25, 0.3) is 5.65 Å². The van der Waals surface area contributed by atoms with Gasteiger partial charge in [0.15, 0.2) is 5.65 Å². The van der Waals surface area contributed by atoms with E-state index in [2.05, 4.69) is 49.9 Å². The van der Waals surface area contributed by atoms with Gasteiger partial charge < -0.3 is 9.80 Å². The molecule has 0 aromatic carbocycles. The minimum atomic E-state index is 0.663. The zero-order valence-electron chi connectivity index (χ0n) is 15.3. The summed E-state index contributed by atoms with van der Waals surface area (Å²) < 4.78 is 1.95. The summed E-state index contributed by atoms with van der Waals surface area (Å²) in [6.45, 7) is 7.87. The Labute approximate surface area is 152 Å². The Bertz CT molecular complexity index is 952. The third-order valence-electron chi connectivity index (χ3n) is 5.52. The highest BCUT2D eigenvalue weighted by atomic mass is 15.4. The summed E-state index contributed by atoms with van der Waals surface area (Å²) in [6.07, 6.45) is 4.26. The second kappa shape index (κ2) is 5.93. The second-order valence-electron chi connectivity index (χ2n) is 7.29. The molecule has 26 heavy (non-hydrogen) atoms. The molecular weight excluding hydrogens is 326 g/mol. The highest BCUT2D eigenvalue weighted by Crippen LogP contribution is 2.39. The first-order valence-corrected chi connectivity index (χ1v) is 9.34. The van der Waals surface area contributed by atoms with Crippen molar-refractivity contribution in [2.45, 2.75) is 32.6 Å². The highest BCUT2D eigenvalue weighted by molar-refractivity contribution is 5.50. The zero-order valence-corrected chi connectivity index (χ0v) is 15.3. The number of anilines is 2. The van der Waals surface area contributed by atoms with Crippen molar-refractivity contribution < 1.29 is 0 Å². The second-order valence-corrected chi connectivity index (χ2v) is 7.29. The van der Waals surface area contributed by atoms with Crippen LogP contribution in [0.1, 0.15) is 35.8 Å². The molecule has 0 N–H and O–H groups in total. The van der Waals surface area contributed by atoms with Crippen molar-refractivity contribution in [3.05, 3.63) is 41.6 Å². The van der Waals surface area contributed by atoms with Crippen molar-refractivity contribution in [1.29, 1.82) is 0 Å². The molecule has 1 aliphatic heterocycles. The van der Waals surface area contributed by atoms with Gasteiger partial charge >= 0.3 is 0 Å². The van der Waals surface area contributed by atoms with Crippen LogP contribution in [0.2, 0.25) is 0 Å². The lowest BCUT2D eigenvalue weighted by Gasteiger charge is -2.36. The Hall–Kier alpha value is -2.70. The van der Waals surface area contributed by atoms with Crippen molar-refractivity contribution >= 4 is 17.3 Å². The molecule has 0 unspecified atom stereocenters. The molecule has 0 radical (unpaired) electrons. The molecule has 0 spiro atoms. The van der Waals surface area contributed by atoms with E-state index in [4.69, 9.17) is 5.10 Å². The molecule has 7 nitrogen and oxygen atoms in total. The molecule has 1 saturated heterocycles. The standard InChI is InChI=1S/C19H23N7/c1-13-14(2)26-17(22-13)5-6-18(23-26)24-7-9-25(10-8-24)19-11-16(15-3-4-15)20-12-21-19/h5-6,11-12,15H,3-4,7-10H2,1-2H3. The normalized spacial score (nSPS) is 17.9. The average Bonchev–Trinajstić information content (AvgIpc) is 3.49. The van der Waals surface area contributed by atoms with Crippen LogP contribution < -0.4 is 9.80 Å². The lowest BCUT2D eigenvalue weighted by molar-refractivity contribution is 0.634. The van der Waals surface area contributed by atoms with Crippen LogP contribution in [0.5, 0.6) is 0 Å². The van der Waals surface area contributed by atoms with Crippen LogP contribution in [0.4, 0.5) is 11.6 Å². The summed E-state index contributed by atoms with van der Waals surface area (Å²) in [5, 5.41) is 4.80. The van der Waals surface area contributed by atoms with Gasteiger partial charge in [-0.05, 0) is 38.8 Å². The summed E-state index contributed by atoms with van der Waals surface area (Å²) in [4.78, 5) is 18.2. The van der Waals surface area contributed by atoms with E-state index in [0.29, 0.717) is 5.92 Å². The lowest BCUT2D eigenvalue weighted by atomic mass is 10.2. The molecule has 0 atom stereocenters. The van der Waals surface area contributed by atoms with Crippen molar-refractivity contribution in [2.75, 3.05) is 36.0 Å². The highest BCUT2D eigenvalue weighted by Gasteiger charge is 2.26. The molecule has 134 valence electrons. The Morgan fingerprint density at radius 2 is 1.65 bits per heavy atom. The van der Waals surface area contributed by atoms with E-state index in [1.807, 2.05) is 11.4 Å². The number of piperazine rings is 1. The maximum atomic E-state index is 4.80. The van der Waals surface area contributed by atoms with Crippen LogP contribution in [-0.4, -0.2) is 50.7 Å². The molecule has 7 heteroatoms. The van der Waals surface area contributed by atoms with Gasteiger partial charge in [-0.2, -0.15) is 0 Å². The fraction of sp³-hybridized carbons (Fsp3) is 0.474. The van der Waals surface area contributed by atoms with Gasteiger partial charge in [-0.15, -0.1) is 5.10 Å². The van der Waals surface area contributed by atoms with Gasteiger partial charge in [0.2, 0.25) is 0 Å². The van der Waals surface area contributed by atoms with Gasteiger partial charge in [0, 0.05) is 43.9 Å². The molecule has 4 heterocycles. The minimum absolute atomic E-state index is 0.663. The first-order chi connectivity index (χ1) is 12.7. The molecule has 1 saturated carbocycles. The zero-order chi connectivity index (χ0) is 17.7. The van der Waals surface area contributed by atoms with Gasteiger partial charge in [0.25, 0.3) is 0 Å². The van der Waals surface area contributed by atoms with E-state index in [1.165, 1.54) is 18.5 Å². The third-order valence-corrected chi connectivity index (χ3v) is 5.52. The molecule has 1 aliphatic carbocycles. The maximum absolute atomic E-state index is 4.80. The Balaban J connectivity index is 1.32. The molecule has 3 aromatic rings. The van der Waals surface area contributed by atoms with Crippen LogP contribution in [0.15, 0.2) is 24.5 Å². The van der Waals surface area contributed by atoms with Crippen LogP contribution in [-0.2, 0) is 0 Å². The molecular formula is C19H23N7. The van der Waals surface area contributed by atoms with E-state index >= 15 is 0 Å². The van der Waals surface area contributed by atoms with Crippen LogP contribution >= 0.6 is 0 Å². The summed E-state index contributed by atoms with van der Waals surface area (Å²) in [5.41, 5.74) is 4.26. The molecule has 5 rings (SSSR count). The number of hydrogen-bond donors (Lipinski definition) is 0. The molecule has 0 amide bonds. The van der Waals surface area contributed by atoms with Gasteiger partial charge in [-0.3, -0.25) is 0 Å². The van der Waals surface area contributed by atoms with E-state index in [1.54, 1.807) is 6.33 Å². The average molecular weight is 349 g/mol. The predicted molar refractivity (Wildman–Crippen MR) is 101 cm³/mol.